The van der Waals surface area contributed by atoms with Crippen molar-refractivity contribution in [3.05, 3.63) is 35.8 Å². The van der Waals surface area contributed by atoms with E-state index >= 15 is 0 Å². The van der Waals surface area contributed by atoms with Crippen LogP contribution in [0, 0.1) is 5.82 Å². The van der Waals surface area contributed by atoms with Crippen LogP contribution in [0.25, 0.3) is 0 Å². The summed E-state index contributed by atoms with van der Waals surface area (Å²) in [4.78, 5) is -0.108. The van der Waals surface area contributed by atoms with Gasteiger partial charge in [-0.2, -0.15) is 5.10 Å². The Morgan fingerprint density at radius 3 is 2.84 bits per heavy atom. The van der Waals surface area contributed by atoms with Crippen LogP contribution in [0.3, 0.4) is 0 Å². The number of aromatic nitrogens is 2. The zero-order chi connectivity index (χ0) is 14.0. The van der Waals surface area contributed by atoms with Gasteiger partial charge in [-0.15, -0.1) is 0 Å². The molecule has 0 spiro atoms. The zero-order valence-corrected chi connectivity index (χ0v) is 11.0. The Morgan fingerprint density at radius 2 is 2.21 bits per heavy atom. The number of rotatable bonds is 4. The second-order valence-electron chi connectivity index (χ2n) is 3.91. The SMILES string of the molecule is CCc1cn[nH]c1NS(=O)(=O)c1ccc(F)c(N)c1. The lowest BCUT2D eigenvalue weighted by Crippen LogP contribution is -2.14. The largest absolute Gasteiger partial charge is 0.396 e. The number of anilines is 2. The third-order valence-electron chi connectivity index (χ3n) is 2.61. The second-order valence-corrected chi connectivity index (χ2v) is 5.60. The van der Waals surface area contributed by atoms with E-state index in [1.54, 1.807) is 0 Å². The van der Waals surface area contributed by atoms with Crippen LogP contribution in [0.2, 0.25) is 0 Å². The normalized spacial score (nSPS) is 11.5. The Balaban J connectivity index is 2.35. The van der Waals surface area contributed by atoms with Crippen LogP contribution in [0.5, 0.6) is 0 Å². The second kappa shape index (κ2) is 4.88. The number of aryl methyl sites for hydroxylation is 1. The van der Waals surface area contributed by atoms with Gasteiger partial charge in [-0.3, -0.25) is 9.82 Å². The molecule has 0 aliphatic heterocycles. The molecule has 2 rings (SSSR count). The summed E-state index contributed by atoms with van der Waals surface area (Å²) >= 11 is 0. The van der Waals surface area contributed by atoms with Crippen molar-refractivity contribution in [2.45, 2.75) is 18.2 Å². The fourth-order valence-electron chi connectivity index (χ4n) is 1.55. The summed E-state index contributed by atoms with van der Waals surface area (Å²) in [5, 5.41) is 6.33. The molecule has 0 saturated heterocycles. The molecule has 1 heterocycles. The van der Waals surface area contributed by atoms with Crippen LogP contribution in [-0.2, 0) is 16.4 Å². The molecule has 0 aliphatic carbocycles. The molecule has 0 fully saturated rings. The van der Waals surface area contributed by atoms with Gasteiger partial charge in [0.15, 0.2) is 0 Å². The van der Waals surface area contributed by atoms with Crippen molar-refractivity contribution in [3.8, 4) is 0 Å². The molecular weight excluding hydrogens is 271 g/mol. The molecule has 8 heteroatoms. The van der Waals surface area contributed by atoms with E-state index in [0.29, 0.717) is 12.2 Å². The highest BCUT2D eigenvalue weighted by molar-refractivity contribution is 7.92. The van der Waals surface area contributed by atoms with Crippen molar-refractivity contribution < 1.29 is 12.8 Å². The van der Waals surface area contributed by atoms with Crippen LogP contribution in [0.4, 0.5) is 15.9 Å². The highest BCUT2D eigenvalue weighted by Gasteiger charge is 2.18. The van der Waals surface area contributed by atoms with Gasteiger partial charge in [0, 0.05) is 5.56 Å². The lowest BCUT2D eigenvalue weighted by atomic mass is 10.3. The minimum Gasteiger partial charge on any atom is -0.396 e. The molecule has 0 radical (unpaired) electrons. The Labute approximate surface area is 109 Å². The topological polar surface area (TPSA) is 101 Å². The first-order valence-electron chi connectivity index (χ1n) is 5.54. The van der Waals surface area contributed by atoms with E-state index in [1.807, 2.05) is 6.92 Å². The van der Waals surface area contributed by atoms with Crippen molar-refractivity contribution in [3.63, 3.8) is 0 Å². The maximum Gasteiger partial charge on any atom is 0.263 e. The van der Waals surface area contributed by atoms with E-state index in [-0.39, 0.29) is 10.6 Å². The Kier molecular flexibility index (Phi) is 3.43. The Bertz CT molecular complexity index is 696. The van der Waals surface area contributed by atoms with Gasteiger partial charge in [0.05, 0.1) is 16.8 Å². The van der Waals surface area contributed by atoms with Crippen molar-refractivity contribution in [1.29, 1.82) is 0 Å². The van der Waals surface area contributed by atoms with Crippen LogP contribution in [-0.4, -0.2) is 18.6 Å². The van der Waals surface area contributed by atoms with Gasteiger partial charge in [-0.1, -0.05) is 6.92 Å². The van der Waals surface area contributed by atoms with Gasteiger partial charge in [-0.25, -0.2) is 12.8 Å². The van der Waals surface area contributed by atoms with Gasteiger partial charge in [0.2, 0.25) is 0 Å². The summed E-state index contributed by atoms with van der Waals surface area (Å²) in [6.07, 6.45) is 2.16. The van der Waals surface area contributed by atoms with E-state index < -0.39 is 15.8 Å². The molecule has 0 bridgehead atoms. The fraction of sp³-hybridized carbons (Fsp3) is 0.182. The first-order chi connectivity index (χ1) is 8.94. The number of H-pyrrole nitrogens is 1. The number of hydrogen-bond donors (Lipinski definition) is 3. The van der Waals surface area contributed by atoms with E-state index in [0.717, 1.165) is 23.8 Å². The standard InChI is InChI=1S/C11H13FN4O2S/c1-2-7-6-14-15-11(7)16-19(17,18)8-3-4-9(12)10(13)5-8/h3-6H,2,13H2,1H3,(H2,14,15,16). The van der Waals surface area contributed by atoms with Crippen molar-refractivity contribution in [1.82, 2.24) is 10.2 Å². The minimum absolute atomic E-state index is 0.108. The van der Waals surface area contributed by atoms with E-state index in [2.05, 4.69) is 14.9 Å². The smallest absolute Gasteiger partial charge is 0.263 e. The third-order valence-corrected chi connectivity index (χ3v) is 3.96. The van der Waals surface area contributed by atoms with Gasteiger partial charge in [-0.05, 0) is 24.6 Å². The van der Waals surface area contributed by atoms with Crippen molar-refractivity contribution >= 4 is 21.5 Å². The Morgan fingerprint density at radius 1 is 1.47 bits per heavy atom. The number of nitrogen functional groups attached to an aromatic ring is 1. The van der Waals surface area contributed by atoms with E-state index in [4.69, 9.17) is 5.73 Å². The molecule has 19 heavy (non-hydrogen) atoms. The molecule has 1 aromatic carbocycles. The average Bonchev–Trinajstić information content (AvgIpc) is 2.79. The molecule has 4 N–H and O–H groups in total. The van der Waals surface area contributed by atoms with Gasteiger partial charge in [0.1, 0.15) is 11.6 Å². The predicted octanol–water partition coefficient (Wildman–Crippen LogP) is 1.49. The van der Waals surface area contributed by atoms with Crippen LogP contribution >= 0.6 is 0 Å². The van der Waals surface area contributed by atoms with Gasteiger partial charge in [0.25, 0.3) is 10.0 Å². The number of nitrogens with one attached hydrogen (secondary N) is 2. The summed E-state index contributed by atoms with van der Waals surface area (Å²) in [6, 6.07) is 3.23. The molecule has 0 atom stereocenters. The van der Waals surface area contributed by atoms with Gasteiger partial charge < -0.3 is 5.73 Å². The minimum atomic E-state index is -3.82. The predicted molar refractivity (Wildman–Crippen MR) is 69.6 cm³/mol. The highest BCUT2D eigenvalue weighted by Crippen LogP contribution is 2.20. The van der Waals surface area contributed by atoms with Crippen LogP contribution in [0.15, 0.2) is 29.3 Å². The maximum absolute atomic E-state index is 13.0. The first-order valence-corrected chi connectivity index (χ1v) is 7.02. The van der Waals surface area contributed by atoms with E-state index in [1.165, 1.54) is 6.20 Å². The first kappa shape index (κ1) is 13.3. The third kappa shape index (κ3) is 2.68. The number of hydrogen-bond acceptors (Lipinski definition) is 4. The quantitative estimate of drug-likeness (QED) is 0.740. The molecule has 6 nitrogen and oxygen atoms in total. The molecule has 102 valence electrons. The highest BCUT2D eigenvalue weighted by atomic mass is 32.2. The summed E-state index contributed by atoms with van der Waals surface area (Å²) in [5.74, 6) is -0.361. The van der Waals surface area contributed by atoms with Crippen molar-refractivity contribution in [2.24, 2.45) is 0 Å². The monoisotopic (exact) mass is 284 g/mol. The summed E-state index contributed by atoms with van der Waals surface area (Å²) in [5.41, 5.74) is 5.88. The lowest BCUT2D eigenvalue weighted by molar-refractivity contribution is 0.600. The van der Waals surface area contributed by atoms with Crippen LogP contribution < -0.4 is 10.5 Å². The fourth-order valence-corrected chi connectivity index (χ4v) is 2.64. The zero-order valence-electron chi connectivity index (χ0n) is 10.1. The van der Waals surface area contributed by atoms with Crippen molar-refractivity contribution in [2.75, 3.05) is 10.5 Å². The number of aromatic amines is 1. The summed E-state index contributed by atoms with van der Waals surface area (Å²) in [7, 11) is -3.82. The average molecular weight is 284 g/mol. The lowest BCUT2D eigenvalue weighted by Gasteiger charge is -2.08. The summed E-state index contributed by atoms with van der Waals surface area (Å²) < 4.78 is 39.6. The Hall–Kier alpha value is -2.09. The molecule has 0 amide bonds. The van der Waals surface area contributed by atoms with E-state index in [9.17, 15) is 12.8 Å². The number of sulfonamides is 1. The van der Waals surface area contributed by atoms with Crippen LogP contribution in [0.1, 0.15) is 12.5 Å². The number of halogens is 1. The number of benzene rings is 1. The molecule has 0 unspecified atom stereocenters. The number of nitrogens with two attached hydrogens (primary N) is 1. The molecule has 2 aromatic rings. The maximum atomic E-state index is 13.0. The molecule has 1 aromatic heterocycles. The number of nitrogens with zero attached hydrogens (tertiary/aromatic N) is 1. The molecule has 0 saturated carbocycles. The van der Waals surface area contributed by atoms with Gasteiger partial charge >= 0.3 is 0 Å². The molecular formula is C11H13FN4O2S. The summed E-state index contributed by atoms with van der Waals surface area (Å²) in [6.45, 7) is 1.87. The molecule has 0 aliphatic rings.